The second-order valence-electron chi connectivity index (χ2n) is 5.76. The molecular formula is C19H20N6O4. The molecule has 1 heterocycles. The highest BCUT2D eigenvalue weighted by molar-refractivity contribution is 5.72. The van der Waals surface area contributed by atoms with E-state index in [-0.39, 0.29) is 24.4 Å². The number of carboxylic acid groups (broad SMARTS) is 1. The molecule has 10 nitrogen and oxygen atoms in total. The fourth-order valence-corrected chi connectivity index (χ4v) is 2.33. The number of aromatic nitrogens is 3. The topological polar surface area (TPSA) is 131 Å². The van der Waals surface area contributed by atoms with Crippen molar-refractivity contribution in [2.75, 3.05) is 36.7 Å². The van der Waals surface area contributed by atoms with Gasteiger partial charge < -0.3 is 30.5 Å². The van der Waals surface area contributed by atoms with E-state index < -0.39 is 5.97 Å². The lowest BCUT2D eigenvalue weighted by molar-refractivity contribution is -0.134. The maximum atomic E-state index is 10.9. The molecule has 0 aliphatic carbocycles. The average molecular weight is 396 g/mol. The lowest BCUT2D eigenvalue weighted by Crippen LogP contribution is -2.16. The minimum atomic E-state index is -1.03. The Labute approximate surface area is 166 Å². The van der Waals surface area contributed by atoms with Crippen molar-refractivity contribution in [1.29, 1.82) is 0 Å². The van der Waals surface area contributed by atoms with Gasteiger partial charge in [-0.3, -0.25) is 4.79 Å². The molecule has 0 unspecified atom stereocenters. The third-order valence-corrected chi connectivity index (χ3v) is 3.73. The van der Waals surface area contributed by atoms with Gasteiger partial charge >= 0.3 is 5.97 Å². The Morgan fingerprint density at radius 1 is 0.793 bits per heavy atom. The third kappa shape index (κ3) is 5.70. The van der Waals surface area contributed by atoms with Crippen LogP contribution < -0.4 is 25.4 Å². The van der Waals surface area contributed by atoms with Crippen LogP contribution in [-0.4, -0.2) is 46.8 Å². The monoisotopic (exact) mass is 396 g/mol. The summed E-state index contributed by atoms with van der Waals surface area (Å²) in [6.45, 7) is -0.325. The minimum Gasteiger partial charge on any atom is -0.497 e. The van der Waals surface area contributed by atoms with Gasteiger partial charge in [0.1, 0.15) is 18.0 Å². The van der Waals surface area contributed by atoms with Crippen LogP contribution in [-0.2, 0) is 4.79 Å². The summed E-state index contributed by atoms with van der Waals surface area (Å²) in [6.07, 6.45) is 0. The van der Waals surface area contributed by atoms with E-state index in [1.165, 1.54) is 0 Å². The zero-order chi connectivity index (χ0) is 20.6. The van der Waals surface area contributed by atoms with Crippen LogP contribution in [0.5, 0.6) is 11.5 Å². The maximum Gasteiger partial charge on any atom is 0.322 e. The van der Waals surface area contributed by atoms with Gasteiger partial charge in [0.05, 0.1) is 14.2 Å². The normalized spacial score (nSPS) is 10.1. The van der Waals surface area contributed by atoms with E-state index in [9.17, 15) is 4.79 Å². The first kappa shape index (κ1) is 19.7. The Morgan fingerprint density at radius 2 is 1.21 bits per heavy atom. The summed E-state index contributed by atoms with van der Waals surface area (Å²) in [7, 11) is 3.18. The highest BCUT2D eigenvalue weighted by Crippen LogP contribution is 2.22. The van der Waals surface area contributed by atoms with E-state index in [2.05, 4.69) is 30.9 Å². The number of nitrogens with one attached hydrogen (secondary N) is 3. The number of carbonyl (C=O) groups is 1. The van der Waals surface area contributed by atoms with Gasteiger partial charge in [-0.05, 0) is 48.5 Å². The summed E-state index contributed by atoms with van der Waals surface area (Å²) in [5.74, 6) is 1.02. The number of benzene rings is 2. The lowest BCUT2D eigenvalue weighted by atomic mass is 10.3. The van der Waals surface area contributed by atoms with Crippen LogP contribution in [0, 0.1) is 0 Å². The second kappa shape index (κ2) is 9.22. The smallest absolute Gasteiger partial charge is 0.322 e. The predicted molar refractivity (Wildman–Crippen MR) is 109 cm³/mol. The number of ether oxygens (including phenoxy) is 2. The maximum absolute atomic E-state index is 10.9. The number of hydrogen-bond acceptors (Lipinski definition) is 9. The molecule has 0 radical (unpaired) electrons. The molecule has 0 spiro atoms. The summed E-state index contributed by atoms with van der Waals surface area (Å²) in [5.41, 5.74) is 1.47. The molecule has 10 heteroatoms. The fourth-order valence-electron chi connectivity index (χ4n) is 2.33. The number of aliphatic carboxylic acids is 1. The lowest BCUT2D eigenvalue weighted by Gasteiger charge is -2.11. The van der Waals surface area contributed by atoms with Crippen LogP contribution in [0.4, 0.5) is 29.2 Å². The van der Waals surface area contributed by atoms with Crippen molar-refractivity contribution in [3.8, 4) is 11.5 Å². The molecule has 0 aliphatic rings. The van der Waals surface area contributed by atoms with Gasteiger partial charge in [-0.15, -0.1) is 0 Å². The fraction of sp³-hybridized carbons (Fsp3) is 0.158. The molecule has 0 saturated carbocycles. The van der Waals surface area contributed by atoms with Crippen molar-refractivity contribution in [2.24, 2.45) is 0 Å². The van der Waals surface area contributed by atoms with Crippen molar-refractivity contribution in [3.63, 3.8) is 0 Å². The summed E-state index contributed by atoms with van der Waals surface area (Å²) in [5, 5.41) is 17.7. The van der Waals surface area contributed by atoms with Crippen LogP contribution in [0.2, 0.25) is 0 Å². The average Bonchev–Trinajstić information content (AvgIpc) is 2.73. The number of nitrogens with zero attached hydrogens (tertiary/aromatic N) is 3. The Morgan fingerprint density at radius 3 is 1.59 bits per heavy atom. The SMILES string of the molecule is COc1ccc(Nc2nc(NCC(=O)O)nc(Nc3ccc(OC)cc3)n2)cc1. The first-order valence-corrected chi connectivity index (χ1v) is 8.59. The van der Waals surface area contributed by atoms with Gasteiger partial charge in [-0.25, -0.2) is 0 Å². The van der Waals surface area contributed by atoms with E-state index in [0.717, 1.165) is 22.9 Å². The molecule has 3 rings (SSSR count). The van der Waals surface area contributed by atoms with Crippen LogP contribution in [0.15, 0.2) is 48.5 Å². The molecular weight excluding hydrogens is 376 g/mol. The van der Waals surface area contributed by atoms with Gasteiger partial charge in [0.15, 0.2) is 0 Å². The standard InChI is InChI=1S/C19H20N6O4/c1-28-14-7-3-12(4-8-14)21-18-23-17(20-11-16(26)27)24-19(25-18)22-13-5-9-15(29-2)10-6-13/h3-10H,11H2,1-2H3,(H,26,27)(H3,20,21,22,23,24,25). The zero-order valence-electron chi connectivity index (χ0n) is 15.8. The molecule has 0 fully saturated rings. The molecule has 3 aromatic rings. The Hall–Kier alpha value is -4.08. The highest BCUT2D eigenvalue weighted by atomic mass is 16.5. The molecule has 0 amide bonds. The second-order valence-corrected chi connectivity index (χ2v) is 5.76. The van der Waals surface area contributed by atoms with Crippen molar-refractivity contribution in [1.82, 2.24) is 15.0 Å². The Balaban J connectivity index is 1.83. The van der Waals surface area contributed by atoms with Crippen LogP contribution in [0.3, 0.4) is 0 Å². The number of methoxy groups -OCH3 is 2. The third-order valence-electron chi connectivity index (χ3n) is 3.73. The predicted octanol–water partition coefficient (Wildman–Crippen LogP) is 2.87. The minimum absolute atomic E-state index is 0.120. The zero-order valence-corrected chi connectivity index (χ0v) is 15.8. The number of rotatable bonds is 9. The van der Waals surface area contributed by atoms with Crippen molar-refractivity contribution >= 4 is 35.2 Å². The van der Waals surface area contributed by atoms with Crippen LogP contribution in [0.25, 0.3) is 0 Å². The summed E-state index contributed by atoms with van der Waals surface area (Å²) < 4.78 is 10.3. The number of hydrogen-bond donors (Lipinski definition) is 4. The van der Waals surface area contributed by atoms with Crippen LogP contribution >= 0.6 is 0 Å². The van der Waals surface area contributed by atoms with Gasteiger partial charge in [0.25, 0.3) is 0 Å². The summed E-state index contributed by atoms with van der Waals surface area (Å²) in [4.78, 5) is 23.6. The van der Waals surface area contributed by atoms with Gasteiger partial charge in [-0.2, -0.15) is 15.0 Å². The molecule has 0 saturated heterocycles. The molecule has 1 aromatic heterocycles. The van der Waals surface area contributed by atoms with E-state index in [0.29, 0.717) is 0 Å². The first-order chi connectivity index (χ1) is 14.1. The Kier molecular flexibility index (Phi) is 6.25. The van der Waals surface area contributed by atoms with E-state index >= 15 is 0 Å². The molecule has 4 N–H and O–H groups in total. The molecule has 0 bridgehead atoms. The summed E-state index contributed by atoms with van der Waals surface area (Å²) >= 11 is 0. The van der Waals surface area contributed by atoms with E-state index in [4.69, 9.17) is 14.6 Å². The molecule has 150 valence electrons. The molecule has 0 aliphatic heterocycles. The molecule has 29 heavy (non-hydrogen) atoms. The van der Waals surface area contributed by atoms with Crippen molar-refractivity contribution in [3.05, 3.63) is 48.5 Å². The van der Waals surface area contributed by atoms with Gasteiger partial charge in [0.2, 0.25) is 17.8 Å². The van der Waals surface area contributed by atoms with Crippen molar-refractivity contribution < 1.29 is 19.4 Å². The Bertz CT molecular complexity index is 896. The summed E-state index contributed by atoms with van der Waals surface area (Å²) in [6, 6.07) is 14.4. The van der Waals surface area contributed by atoms with Gasteiger partial charge in [0, 0.05) is 11.4 Å². The molecule has 2 aromatic carbocycles. The van der Waals surface area contributed by atoms with Crippen LogP contribution in [0.1, 0.15) is 0 Å². The largest absolute Gasteiger partial charge is 0.497 e. The van der Waals surface area contributed by atoms with E-state index in [1.807, 2.05) is 24.3 Å². The first-order valence-electron chi connectivity index (χ1n) is 8.59. The highest BCUT2D eigenvalue weighted by Gasteiger charge is 2.09. The number of anilines is 5. The molecule has 0 atom stereocenters. The number of carboxylic acids is 1. The van der Waals surface area contributed by atoms with Gasteiger partial charge in [-0.1, -0.05) is 0 Å². The quantitative estimate of drug-likeness (QED) is 0.428. The van der Waals surface area contributed by atoms with Crippen molar-refractivity contribution in [2.45, 2.75) is 0 Å². The van der Waals surface area contributed by atoms with E-state index in [1.54, 1.807) is 38.5 Å².